The largest absolute Gasteiger partial charge is 0.399 e. The molecule has 0 bridgehead atoms. The third kappa shape index (κ3) is 3.10. The molecule has 0 spiro atoms. The van der Waals surface area contributed by atoms with Crippen LogP contribution in [-0.4, -0.2) is 6.54 Å². The number of rotatable bonds is 3. The highest BCUT2D eigenvalue weighted by Gasteiger charge is 1.91. The summed E-state index contributed by atoms with van der Waals surface area (Å²) in [5.74, 6) is 0. The van der Waals surface area contributed by atoms with Gasteiger partial charge in [-0.1, -0.05) is 24.8 Å². The van der Waals surface area contributed by atoms with Crippen LogP contribution in [0.25, 0.3) is 0 Å². The Morgan fingerprint density at radius 2 is 2.20 bits per heavy atom. The van der Waals surface area contributed by atoms with E-state index < -0.39 is 0 Å². The van der Waals surface area contributed by atoms with Crippen LogP contribution in [0, 0.1) is 0 Å². The summed E-state index contributed by atoms with van der Waals surface area (Å²) >= 11 is 0. The lowest BCUT2D eigenvalue weighted by Crippen LogP contribution is -2.09. The van der Waals surface area contributed by atoms with Gasteiger partial charge >= 0.3 is 0 Å². The highest BCUT2D eigenvalue weighted by atomic mass is 14.6. The third-order valence-corrected chi connectivity index (χ3v) is 1.12. The van der Waals surface area contributed by atoms with Gasteiger partial charge in [0.15, 0.2) is 0 Å². The Balaban J connectivity index is 4.18. The van der Waals surface area contributed by atoms with Gasteiger partial charge in [0.2, 0.25) is 0 Å². The van der Waals surface area contributed by atoms with E-state index in [0.29, 0.717) is 12.2 Å². The lowest BCUT2D eigenvalue weighted by atomic mass is 10.2. The number of nitrogens with two attached hydrogens (primary N) is 2. The van der Waals surface area contributed by atoms with E-state index in [1.807, 2.05) is 25.2 Å². The number of hydrogen-bond donors (Lipinski definition) is 2. The Hall–Kier alpha value is -1.02. The predicted molar refractivity (Wildman–Crippen MR) is 45.3 cm³/mol. The molecule has 0 aliphatic carbocycles. The molecule has 4 N–H and O–H groups in total. The molecule has 0 unspecified atom stereocenters. The minimum absolute atomic E-state index is 0.444. The standard InChI is InChI=1S/C8H14N2/c1-3-4-5-8(6-9)7(2)10/h3-5H,2,6,9-10H2,1H3/b4-3-,8-5-. The minimum Gasteiger partial charge on any atom is -0.399 e. The molecule has 0 aliphatic heterocycles. The van der Waals surface area contributed by atoms with Crippen molar-refractivity contribution in [1.29, 1.82) is 0 Å². The highest BCUT2D eigenvalue weighted by Crippen LogP contribution is 1.98. The maximum atomic E-state index is 5.41. The van der Waals surface area contributed by atoms with Gasteiger partial charge in [-0.3, -0.25) is 0 Å². The Morgan fingerprint density at radius 1 is 1.60 bits per heavy atom. The van der Waals surface area contributed by atoms with Crippen LogP contribution < -0.4 is 11.5 Å². The maximum Gasteiger partial charge on any atom is 0.0286 e. The fourth-order valence-corrected chi connectivity index (χ4v) is 0.519. The van der Waals surface area contributed by atoms with Gasteiger partial charge < -0.3 is 11.5 Å². The minimum atomic E-state index is 0.444. The summed E-state index contributed by atoms with van der Waals surface area (Å²) in [5.41, 5.74) is 12.2. The van der Waals surface area contributed by atoms with E-state index in [0.717, 1.165) is 5.57 Å². The summed E-state index contributed by atoms with van der Waals surface area (Å²) in [6.07, 6.45) is 5.67. The van der Waals surface area contributed by atoms with Crippen molar-refractivity contribution in [3.05, 3.63) is 36.1 Å². The Morgan fingerprint density at radius 3 is 2.50 bits per heavy atom. The van der Waals surface area contributed by atoms with Crippen LogP contribution in [0.4, 0.5) is 0 Å². The van der Waals surface area contributed by atoms with Gasteiger partial charge in [0.25, 0.3) is 0 Å². The number of hydrogen-bond acceptors (Lipinski definition) is 2. The zero-order valence-electron chi connectivity index (χ0n) is 6.30. The lowest BCUT2D eigenvalue weighted by Gasteiger charge is -1.99. The van der Waals surface area contributed by atoms with Crippen LogP contribution in [0.3, 0.4) is 0 Å². The molecular formula is C8H14N2. The zero-order valence-corrected chi connectivity index (χ0v) is 6.30. The molecule has 0 rings (SSSR count). The van der Waals surface area contributed by atoms with Crippen LogP contribution in [0.1, 0.15) is 6.92 Å². The second-order valence-electron chi connectivity index (χ2n) is 1.95. The van der Waals surface area contributed by atoms with Crippen molar-refractivity contribution in [1.82, 2.24) is 0 Å². The first kappa shape index (κ1) is 8.98. The van der Waals surface area contributed by atoms with Crippen molar-refractivity contribution < 1.29 is 0 Å². The first-order valence-corrected chi connectivity index (χ1v) is 3.19. The molecule has 10 heavy (non-hydrogen) atoms. The molecular weight excluding hydrogens is 124 g/mol. The molecule has 0 saturated carbocycles. The monoisotopic (exact) mass is 138 g/mol. The van der Waals surface area contributed by atoms with Crippen LogP contribution in [-0.2, 0) is 0 Å². The summed E-state index contributed by atoms with van der Waals surface area (Å²) < 4.78 is 0. The first-order valence-electron chi connectivity index (χ1n) is 3.19. The molecule has 0 saturated heterocycles. The number of allylic oxidation sites excluding steroid dienone is 3. The van der Waals surface area contributed by atoms with E-state index in [1.165, 1.54) is 0 Å². The van der Waals surface area contributed by atoms with E-state index in [2.05, 4.69) is 6.58 Å². The third-order valence-electron chi connectivity index (χ3n) is 1.12. The Labute approximate surface area is 61.9 Å². The quantitative estimate of drug-likeness (QED) is 0.570. The normalized spacial score (nSPS) is 12.4. The van der Waals surface area contributed by atoms with Gasteiger partial charge in [0, 0.05) is 12.2 Å². The Bertz CT molecular complexity index is 166. The molecule has 0 aromatic heterocycles. The van der Waals surface area contributed by atoms with E-state index in [1.54, 1.807) is 0 Å². The molecule has 56 valence electrons. The van der Waals surface area contributed by atoms with Crippen LogP contribution >= 0.6 is 0 Å². The van der Waals surface area contributed by atoms with Crippen molar-refractivity contribution in [3.8, 4) is 0 Å². The smallest absolute Gasteiger partial charge is 0.0286 e. The Kier molecular flexibility index (Phi) is 4.33. The fraction of sp³-hybridized carbons (Fsp3) is 0.250. The summed E-state index contributed by atoms with van der Waals surface area (Å²) in [4.78, 5) is 0. The van der Waals surface area contributed by atoms with Crippen molar-refractivity contribution in [2.75, 3.05) is 6.54 Å². The van der Waals surface area contributed by atoms with Crippen molar-refractivity contribution >= 4 is 0 Å². The molecule has 0 aromatic carbocycles. The van der Waals surface area contributed by atoms with Gasteiger partial charge in [-0.05, 0) is 12.5 Å². The molecule has 0 radical (unpaired) electrons. The maximum absolute atomic E-state index is 5.41. The molecule has 0 aliphatic rings. The summed E-state index contributed by atoms with van der Waals surface area (Å²) in [6, 6.07) is 0. The highest BCUT2D eigenvalue weighted by molar-refractivity contribution is 5.29. The summed E-state index contributed by atoms with van der Waals surface area (Å²) in [6.45, 7) is 5.95. The molecule has 2 heteroatoms. The van der Waals surface area contributed by atoms with E-state index in [9.17, 15) is 0 Å². The van der Waals surface area contributed by atoms with Crippen molar-refractivity contribution in [3.63, 3.8) is 0 Å². The van der Waals surface area contributed by atoms with Crippen LogP contribution in [0.2, 0.25) is 0 Å². The van der Waals surface area contributed by atoms with Gasteiger partial charge in [-0.2, -0.15) is 0 Å². The fourth-order valence-electron chi connectivity index (χ4n) is 0.519. The first-order chi connectivity index (χ1) is 4.72. The second kappa shape index (κ2) is 4.82. The van der Waals surface area contributed by atoms with E-state index >= 15 is 0 Å². The summed E-state index contributed by atoms with van der Waals surface area (Å²) in [5, 5.41) is 0. The average Bonchev–Trinajstić information content (AvgIpc) is 1.89. The van der Waals surface area contributed by atoms with E-state index in [4.69, 9.17) is 11.5 Å². The van der Waals surface area contributed by atoms with E-state index in [-0.39, 0.29) is 0 Å². The second-order valence-corrected chi connectivity index (χ2v) is 1.95. The molecule has 2 nitrogen and oxygen atoms in total. The topological polar surface area (TPSA) is 52.0 Å². The zero-order chi connectivity index (χ0) is 7.98. The van der Waals surface area contributed by atoms with Crippen molar-refractivity contribution in [2.45, 2.75) is 6.92 Å². The average molecular weight is 138 g/mol. The van der Waals surface area contributed by atoms with Gasteiger partial charge in [-0.25, -0.2) is 0 Å². The molecule has 0 aromatic rings. The molecule has 0 heterocycles. The van der Waals surface area contributed by atoms with Gasteiger partial charge in [0.1, 0.15) is 0 Å². The van der Waals surface area contributed by atoms with Gasteiger partial charge in [-0.15, -0.1) is 0 Å². The lowest BCUT2D eigenvalue weighted by molar-refractivity contribution is 1.13. The van der Waals surface area contributed by atoms with Gasteiger partial charge in [0.05, 0.1) is 0 Å². The molecule has 0 fully saturated rings. The van der Waals surface area contributed by atoms with Crippen LogP contribution in [0.5, 0.6) is 0 Å². The van der Waals surface area contributed by atoms with Crippen LogP contribution in [0.15, 0.2) is 36.1 Å². The molecule has 0 amide bonds. The SMILES string of the molecule is C=C(N)/C(=C\C=C/C)CN. The molecule has 0 atom stereocenters. The summed E-state index contributed by atoms with van der Waals surface area (Å²) in [7, 11) is 0. The van der Waals surface area contributed by atoms with Crippen molar-refractivity contribution in [2.24, 2.45) is 11.5 Å². The predicted octanol–water partition coefficient (Wildman–Crippen LogP) is 0.920.